The third-order valence-electron chi connectivity index (χ3n) is 5.32. The van der Waals surface area contributed by atoms with Crippen molar-refractivity contribution in [2.45, 2.75) is 0 Å². The number of morpholine rings is 1. The van der Waals surface area contributed by atoms with Gasteiger partial charge in [-0.15, -0.1) is 0 Å². The number of benzene rings is 2. The molecule has 1 saturated heterocycles. The van der Waals surface area contributed by atoms with Crippen LogP contribution in [-0.4, -0.2) is 61.1 Å². The highest BCUT2D eigenvalue weighted by molar-refractivity contribution is 6.03. The largest absolute Gasteiger partial charge is 0.379 e. The van der Waals surface area contributed by atoms with Gasteiger partial charge in [-0.1, -0.05) is 30.3 Å². The van der Waals surface area contributed by atoms with E-state index < -0.39 is 0 Å². The molecule has 32 heavy (non-hydrogen) atoms. The van der Waals surface area contributed by atoms with E-state index in [9.17, 15) is 9.59 Å². The number of aromatic nitrogens is 1. The van der Waals surface area contributed by atoms with Crippen LogP contribution in [0.25, 0.3) is 11.1 Å². The van der Waals surface area contributed by atoms with Gasteiger partial charge in [0, 0.05) is 43.6 Å². The zero-order valence-corrected chi connectivity index (χ0v) is 17.8. The average molecular weight is 431 g/mol. The Bertz CT molecular complexity index is 1050. The number of anilines is 1. The smallest absolute Gasteiger partial charge is 0.274 e. The molecule has 0 atom stereocenters. The van der Waals surface area contributed by atoms with Gasteiger partial charge in [0.15, 0.2) is 0 Å². The van der Waals surface area contributed by atoms with Crippen molar-refractivity contribution in [1.29, 1.82) is 0 Å². The van der Waals surface area contributed by atoms with E-state index in [4.69, 9.17) is 4.74 Å². The first-order chi connectivity index (χ1) is 15.7. The van der Waals surface area contributed by atoms with Gasteiger partial charge in [0.25, 0.3) is 11.8 Å². The molecule has 0 unspecified atom stereocenters. The predicted molar refractivity (Wildman–Crippen MR) is 124 cm³/mol. The van der Waals surface area contributed by atoms with Crippen LogP contribution < -0.4 is 10.6 Å². The Balaban J connectivity index is 1.31. The summed E-state index contributed by atoms with van der Waals surface area (Å²) in [6, 6.07) is 20.3. The average Bonchev–Trinajstić information content (AvgIpc) is 2.86. The van der Waals surface area contributed by atoms with Crippen LogP contribution in [0.15, 0.2) is 72.9 Å². The lowest BCUT2D eigenvalue weighted by atomic mass is 10.1. The van der Waals surface area contributed by atoms with E-state index in [1.54, 1.807) is 36.5 Å². The fraction of sp³-hybridized carbons (Fsp3) is 0.240. The summed E-state index contributed by atoms with van der Waals surface area (Å²) in [5.41, 5.74) is 3.43. The molecule has 164 valence electrons. The minimum atomic E-state index is -0.300. The first-order valence-electron chi connectivity index (χ1n) is 10.7. The number of pyridine rings is 1. The molecule has 7 nitrogen and oxygen atoms in total. The maximum atomic E-state index is 12.6. The van der Waals surface area contributed by atoms with E-state index in [-0.39, 0.29) is 11.8 Å². The summed E-state index contributed by atoms with van der Waals surface area (Å²) >= 11 is 0. The van der Waals surface area contributed by atoms with E-state index in [0.29, 0.717) is 23.5 Å². The fourth-order valence-corrected chi connectivity index (χ4v) is 3.52. The topological polar surface area (TPSA) is 83.6 Å². The van der Waals surface area contributed by atoms with Crippen LogP contribution in [0.3, 0.4) is 0 Å². The highest BCUT2D eigenvalue weighted by Crippen LogP contribution is 2.19. The lowest BCUT2D eigenvalue weighted by molar-refractivity contribution is 0.0383. The second-order valence-electron chi connectivity index (χ2n) is 7.54. The summed E-state index contributed by atoms with van der Waals surface area (Å²) < 4.78 is 5.33. The molecule has 7 heteroatoms. The Morgan fingerprint density at radius 1 is 0.906 bits per heavy atom. The van der Waals surface area contributed by atoms with E-state index in [1.165, 1.54) is 0 Å². The van der Waals surface area contributed by atoms with Crippen molar-refractivity contribution in [2.75, 3.05) is 44.7 Å². The molecule has 2 amide bonds. The number of nitrogens with zero attached hydrogens (tertiary/aromatic N) is 2. The van der Waals surface area contributed by atoms with E-state index in [0.717, 1.165) is 44.0 Å². The first-order valence-corrected chi connectivity index (χ1v) is 10.7. The second-order valence-corrected chi connectivity index (χ2v) is 7.54. The molecule has 2 N–H and O–H groups in total. The molecular formula is C25H26N4O3. The third-order valence-corrected chi connectivity index (χ3v) is 5.32. The number of rotatable bonds is 7. The van der Waals surface area contributed by atoms with Gasteiger partial charge in [-0.05, 0) is 47.5 Å². The molecule has 2 aromatic carbocycles. The third kappa shape index (κ3) is 5.78. The minimum Gasteiger partial charge on any atom is -0.379 e. The maximum absolute atomic E-state index is 12.6. The number of ether oxygens (including phenoxy) is 1. The number of carbonyl (C=O) groups is 2. The normalized spacial score (nSPS) is 14.0. The minimum absolute atomic E-state index is 0.131. The Morgan fingerprint density at radius 2 is 1.66 bits per heavy atom. The first kappa shape index (κ1) is 21.7. The summed E-state index contributed by atoms with van der Waals surface area (Å²) in [5, 5.41) is 5.77. The van der Waals surface area contributed by atoms with Crippen LogP contribution in [0, 0.1) is 0 Å². The van der Waals surface area contributed by atoms with E-state index >= 15 is 0 Å². The van der Waals surface area contributed by atoms with Crippen molar-refractivity contribution in [2.24, 2.45) is 0 Å². The molecule has 0 aliphatic carbocycles. The van der Waals surface area contributed by atoms with Crippen molar-refractivity contribution in [1.82, 2.24) is 15.2 Å². The highest BCUT2D eigenvalue weighted by atomic mass is 16.5. The Hall–Kier alpha value is -3.55. The van der Waals surface area contributed by atoms with Gasteiger partial charge in [-0.3, -0.25) is 19.5 Å². The molecule has 4 rings (SSSR count). The summed E-state index contributed by atoms with van der Waals surface area (Å²) in [5.74, 6) is -0.432. The number of hydrogen-bond donors (Lipinski definition) is 2. The van der Waals surface area contributed by atoms with Crippen molar-refractivity contribution >= 4 is 17.5 Å². The van der Waals surface area contributed by atoms with Crippen LogP contribution >= 0.6 is 0 Å². The van der Waals surface area contributed by atoms with E-state index in [2.05, 4.69) is 20.5 Å². The van der Waals surface area contributed by atoms with Crippen molar-refractivity contribution < 1.29 is 14.3 Å². The predicted octanol–water partition coefficient (Wildman–Crippen LogP) is 3.06. The van der Waals surface area contributed by atoms with Gasteiger partial charge >= 0.3 is 0 Å². The Labute approximate surface area is 187 Å². The number of amides is 2. The number of hydrogen-bond acceptors (Lipinski definition) is 5. The monoisotopic (exact) mass is 430 g/mol. The zero-order chi connectivity index (χ0) is 22.2. The molecule has 1 fully saturated rings. The fourth-order valence-electron chi connectivity index (χ4n) is 3.52. The summed E-state index contributed by atoms with van der Waals surface area (Å²) in [7, 11) is 0. The van der Waals surface area contributed by atoms with Gasteiger partial charge < -0.3 is 15.4 Å². The van der Waals surface area contributed by atoms with Crippen molar-refractivity contribution in [3.8, 4) is 11.1 Å². The number of carbonyl (C=O) groups excluding carboxylic acids is 2. The Morgan fingerprint density at radius 3 is 2.41 bits per heavy atom. The number of nitrogens with one attached hydrogen (secondary N) is 2. The quantitative estimate of drug-likeness (QED) is 0.602. The standard InChI is InChI=1S/C25H26N4O3/c30-24(27-12-13-29-14-16-32-17-15-29)20-6-8-22(9-7-20)28-25(31)23-18-21(10-11-26-23)19-4-2-1-3-5-19/h1-11,18H,12-17H2,(H,27,30)(H,28,31). The zero-order valence-electron chi connectivity index (χ0n) is 17.8. The van der Waals surface area contributed by atoms with Gasteiger partial charge in [-0.2, -0.15) is 0 Å². The molecule has 0 spiro atoms. The lowest BCUT2D eigenvalue weighted by Crippen LogP contribution is -2.41. The summed E-state index contributed by atoms with van der Waals surface area (Å²) in [6.45, 7) is 4.67. The van der Waals surface area contributed by atoms with Crippen LogP contribution in [0.2, 0.25) is 0 Å². The van der Waals surface area contributed by atoms with Gasteiger partial charge in [-0.25, -0.2) is 0 Å². The molecule has 2 heterocycles. The molecule has 0 bridgehead atoms. The van der Waals surface area contributed by atoms with Crippen LogP contribution in [0.4, 0.5) is 5.69 Å². The molecule has 3 aromatic rings. The SMILES string of the molecule is O=C(NCCN1CCOCC1)c1ccc(NC(=O)c2cc(-c3ccccc3)ccn2)cc1. The van der Waals surface area contributed by atoms with Crippen molar-refractivity contribution in [3.05, 3.63) is 84.2 Å². The molecule has 1 aliphatic rings. The van der Waals surface area contributed by atoms with Gasteiger partial charge in [0.1, 0.15) is 5.69 Å². The molecule has 1 aromatic heterocycles. The molecule has 0 radical (unpaired) electrons. The lowest BCUT2D eigenvalue weighted by Gasteiger charge is -2.26. The van der Waals surface area contributed by atoms with E-state index in [1.807, 2.05) is 36.4 Å². The Kier molecular flexibility index (Phi) is 7.22. The van der Waals surface area contributed by atoms with Crippen LogP contribution in [-0.2, 0) is 4.74 Å². The van der Waals surface area contributed by atoms with Gasteiger partial charge in [0.2, 0.25) is 0 Å². The van der Waals surface area contributed by atoms with Crippen LogP contribution in [0.5, 0.6) is 0 Å². The second kappa shape index (κ2) is 10.7. The molecule has 0 saturated carbocycles. The summed E-state index contributed by atoms with van der Waals surface area (Å²) in [4.78, 5) is 31.5. The van der Waals surface area contributed by atoms with Gasteiger partial charge in [0.05, 0.1) is 13.2 Å². The molecular weight excluding hydrogens is 404 g/mol. The van der Waals surface area contributed by atoms with Crippen molar-refractivity contribution in [3.63, 3.8) is 0 Å². The summed E-state index contributed by atoms with van der Waals surface area (Å²) in [6.07, 6.45) is 1.63. The molecule has 1 aliphatic heterocycles. The van der Waals surface area contributed by atoms with Crippen LogP contribution in [0.1, 0.15) is 20.8 Å². The maximum Gasteiger partial charge on any atom is 0.274 e. The highest BCUT2D eigenvalue weighted by Gasteiger charge is 2.12.